The van der Waals surface area contributed by atoms with Gasteiger partial charge in [0.2, 0.25) is 0 Å². The van der Waals surface area contributed by atoms with Crippen molar-refractivity contribution in [1.29, 1.82) is 0 Å². The third-order valence-electron chi connectivity index (χ3n) is 2.74. The molecule has 0 unspecified atom stereocenters. The van der Waals surface area contributed by atoms with Crippen LogP contribution in [0.5, 0.6) is 0 Å². The molecule has 1 aromatic rings. The van der Waals surface area contributed by atoms with Gasteiger partial charge in [0.05, 0.1) is 0 Å². The van der Waals surface area contributed by atoms with E-state index in [1.54, 1.807) is 0 Å². The molecule has 1 N–H and O–H groups in total. The lowest BCUT2D eigenvalue weighted by Gasteiger charge is -2.22. The summed E-state index contributed by atoms with van der Waals surface area (Å²) in [6.07, 6.45) is 2.28. The summed E-state index contributed by atoms with van der Waals surface area (Å²) in [5.41, 5.74) is 0.677. The third kappa shape index (κ3) is 3.46. The average Bonchev–Trinajstić information content (AvgIpc) is 2.27. The van der Waals surface area contributed by atoms with E-state index >= 15 is 0 Å². The Morgan fingerprint density at radius 1 is 1.12 bits per heavy atom. The van der Waals surface area contributed by atoms with Crippen LogP contribution in [0.2, 0.25) is 0 Å². The van der Waals surface area contributed by atoms with Crippen molar-refractivity contribution in [2.45, 2.75) is 25.4 Å². The van der Waals surface area contributed by atoms with Crippen molar-refractivity contribution in [2.75, 3.05) is 11.5 Å². The van der Waals surface area contributed by atoms with E-state index in [1.807, 2.05) is 11.8 Å². The van der Waals surface area contributed by atoms with E-state index in [0.29, 0.717) is 18.2 Å². The summed E-state index contributed by atoms with van der Waals surface area (Å²) >= 11 is 1.97. The van der Waals surface area contributed by atoms with Gasteiger partial charge in [0.15, 0.2) is 0 Å². The number of hydrogen-bond acceptors (Lipinski definition) is 2. The molecule has 2 rings (SSSR count). The van der Waals surface area contributed by atoms with Crippen LogP contribution in [0, 0.1) is 11.6 Å². The first-order chi connectivity index (χ1) is 7.74. The smallest absolute Gasteiger partial charge is 0.126 e. The molecule has 0 aromatic heterocycles. The second kappa shape index (κ2) is 5.64. The lowest BCUT2D eigenvalue weighted by molar-refractivity contribution is 0.479. The van der Waals surface area contributed by atoms with Crippen LogP contribution in [0.3, 0.4) is 0 Å². The molecule has 1 heterocycles. The maximum absolute atomic E-state index is 12.9. The van der Waals surface area contributed by atoms with Crippen LogP contribution >= 0.6 is 11.8 Å². The molecule has 4 heteroatoms. The van der Waals surface area contributed by atoms with E-state index in [-0.39, 0.29) is 0 Å². The third-order valence-corrected chi connectivity index (χ3v) is 3.79. The first-order valence-corrected chi connectivity index (χ1v) is 6.65. The monoisotopic (exact) mass is 243 g/mol. The predicted molar refractivity (Wildman–Crippen MR) is 63.5 cm³/mol. The van der Waals surface area contributed by atoms with Crippen molar-refractivity contribution in [1.82, 2.24) is 5.32 Å². The van der Waals surface area contributed by atoms with Crippen LogP contribution in [0.4, 0.5) is 8.78 Å². The molecule has 1 aliphatic heterocycles. The molecule has 1 nitrogen and oxygen atoms in total. The fourth-order valence-electron chi connectivity index (χ4n) is 1.88. The number of hydrogen-bond donors (Lipinski definition) is 1. The Labute approximate surface area is 98.6 Å². The minimum atomic E-state index is -0.504. The molecule has 1 fully saturated rings. The molecular formula is C12H15F2NS. The van der Waals surface area contributed by atoms with Gasteiger partial charge in [0.25, 0.3) is 0 Å². The van der Waals surface area contributed by atoms with Crippen molar-refractivity contribution in [3.63, 3.8) is 0 Å². The quantitative estimate of drug-likeness (QED) is 0.876. The van der Waals surface area contributed by atoms with Crippen molar-refractivity contribution in [3.8, 4) is 0 Å². The highest BCUT2D eigenvalue weighted by atomic mass is 32.2. The molecule has 0 bridgehead atoms. The molecule has 88 valence electrons. The summed E-state index contributed by atoms with van der Waals surface area (Å²) in [6.45, 7) is 0.546. The fraction of sp³-hybridized carbons (Fsp3) is 0.500. The van der Waals surface area contributed by atoms with Crippen LogP contribution in [-0.2, 0) is 6.54 Å². The molecule has 0 spiro atoms. The van der Waals surface area contributed by atoms with Crippen LogP contribution in [0.25, 0.3) is 0 Å². The van der Waals surface area contributed by atoms with Gasteiger partial charge in [-0.2, -0.15) is 11.8 Å². The highest BCUT2D eigenvalue weighted by molar-refractivity contribution is 7.99. The minimum Gasteiger partial charge on any atom is -0.310 e. The SMILES string of the molecule is Fc1cc(F)cc(CNC2CCSCC2)c1. The predicted octanol–water partition coefficient (Wildman–Crippen LogP) is 2.95. The first kappa shape index (κ1) is 11.9. The number of benzene rings is 1. The lowest BCUT2D eigenvalue weighted by atomic mass is 10.1. The standard InChI is InChI=1S/C12H15F2NS/c13-10-5-9(6-11(14)7-10)8-15-12-1-3-16-4-2-12/h5-7,12,15H,1-4,8H2. The Morgan fingerprint density at radius 3 is 2.38 bits per heavy atom. The van der Waals surface area contributed by atoms with Gasteiger partial charge >= 0.3 is 0 Å². The molecule has 0 aliphatic carbocycles. The van der Waals surface area contributed by atoms with Gasteiger partial charge in [0.1, 0.15) is 11.6 Å². The van der Waals surface area contributed by atoms with E-state index in [2.05, 4.69) is 5.32 Å². The normalized spacial score (nSPS) is 17.6. The van der Waals surface area contributed by atoms with Gasteiger partial charge in [0, 0.05) is 18.7 Å². The largest absolute Gasteiger partial charge is 0.310 e. The second-order valence-electron chi connectivity index (χ2n) is 4.05. The topological polar surface area (TPSA) is 12.0 Å². The molecule has 0 saturated carbocycles. The van der Waals surface area contributed by atoms with Gasteiger partial charge < -0.3 is 5.32 Å². The van der Waals surface area contributed by atoms with Gasteiger partial charge in [-0.3, -0.25) is 0 Å². The van der Waals surface area contributed by atoms with E-state index in [0.717, 1.165) is 18.9 Å². The average molecular weight is 243 g/mol. The molecular weight excluding hydrogens is 228 g/mol. The molecule has 0 atom stereocenters. The van der Waals surface area contributed by atoms with Crippen LogP contribution < -0.4 is 5.32 Å². The zero-order chi connectivity index (χ0) is 11.4. The molecule has 1 aromatic carbocycles. The second-order valence-corrected chi connectivity index (χ2v) is 5.27. The zero-order valence-electron chi connectivity index (χ0n) is 9.01. The first-order valence-electron chi connectivity index (χ1n) is 5.50. The summed E-state index contributed by atoms with van der Waals surface area (Å²) in [4.78, 5) is 0. The Balaban J connectivity index is 1.88. The lowest BCUT2D eigenvalue weighted by Crippen LogP contribution is -2.32. The summed E-state index contributed by atoms with van der Waals surface area (Å²) in [7, 11) is 0. The van der Waals surface area contributed by atoms with E-state index in [9.17, 15) is 8.78 Å². The van der Waals surface area contributed by atoms with E-state index in [4.69, 9.17) is 0 Å². The molecule has 1 aliphatic rings. The van der Waals surface area contributed by atoms with Crippen LogP contribution in [0.15, 0.2) is 18.2 Å². The summed E-state index contributed by atoms with van der Waals surface area (Å²) in [5.74, 6) is 1.34. The maximum Gasteiger partial charge on any atom is 0.126 e. The highest BCUT2D eigenvalue weighted by Gasteiger charge is 2.12. The minimum absolute atomic E-state index is 0.493. The fourth-order valence-corrected chi connectivity index (χ4v) is 2.98. The van der Waals surface area contributed by atoms with Gasteiger partial charge in [-0.25, -0.2) is 8.78 Å². The molecule has 16 heavy (non-hydrogen) atoms. The maximum atomic E-state index is 12.9. The van der Waals surface area contributed by atoms with Crippen LogP contribution in [-0.4, -0.2) is 17.5 Å². The molecule has 1 saturated heterocycles. The Hall–Kier alpha value is -0.610. The van der Waals surface area contributed by atoms with Crippen molar-refractivity contribution >= 4 is 11.8 Å². The number of rotatable bonds is 3. The Kier molecular flexibility index (Phi) is 4.18. The van der Waals surface area contributed by atoms with Crippen molar-refractivity contribution < 1.29 is 8.78 Å². The van der Waals surface area contributed by atoms with E-state index < -0.39 is 11.6 Å². The Morgan fingerprint density at radius 2 is 1.75 bits per heavy atom. The zero-order valence-corrected chi connectivity index (χ0v) is 9.83. The van der Waals surface area contributed by atoms with E-state index in [1.165, 1.54) is 23.6 Å². The number of nitrogens with one attached hydrogen (secondary N) is 1. The number of thioether (sulfide) groups is 1. The summed E-state index contributed by atoms with van der Waals surface area (Å²) in [6, 6.07) is 4.16. The van der Waals surface area contributed by atoms with Crippen LogP contribution in [0.1, 0.15) is 18.4 Å². The van der Waals surface area contributed by atoms with Gasteiger partial charge in [-0.1, -0.05) is 0 Å². The molecule has 0 radical (unpaired) electrons. The van der Waals surface area contributed by atoms with Crippen molar-refractivity contribution in [2.24, 2.45) is 0 Å². The molecule has 0 amide bonds. The van der Waals surface area contributed by atoms with Gasteiger partial charge in [-0.05, 0) is 42.0 Å². The summed E-state index contributed by atoms with van der Waals surface area (Å²) < 4.78 is 25.8. The Bertz CT molecular complexity index is 331. The van der Waals surface area contributed by atoms with Crippen molar-refractivity contribution in [3.05, 3.63) is 35.4 Å². The highest BCUT2D eigenvalue weighted by Crippen LogP contribution is 2.17. The number of halogens is 2. The summed E-state index contributed by atoms with van der Waals surface area (Å²) in [5, 5.41) is 3.35. The van der Waals surface area contributed by atoms with Gasteiger partial charge in [-0.15, -0.1) is 0 Å².